The first-order chi connectivity index (χ1) is 31.7. The maximum Gasteiger partial charge on any atom is 0.0543 e. The summed E-state index contributed by atoms with van der Waals surface area (Å²) in [5.74, 6) is 0. The largest absolute Gasteiger partial charge is 0.309 e. The molecule has 0 amide bonds. The lowest BCUT2D eigenvalue weighted by Gasteiger charge is -2.32. The van der Waals surface area contributed by atoms with Gasteiger partial charge in [-0.15, -0.1) is 0 Å². The van der Waals surface area contributed by atoms with E-state index in [1.807, 2.05) is 0 Å². The van der Waals surface area contributed by atoms with Crippen molar-refractivity contribution < 1.29 is 0 Å². The third-order valence-corrected chi connectivity index (χ3v) is 15.0. The Kier molecular flexibility index (Phi) is 9.51. The molecular weight excluding hydrogens is 795 g/mol. The fourth-order valence-electron chi connectivity index (χ4n) is 11.4. The number of hydrogen-bond donors (Lipinski definition) is 0. The molecule has 9 aromatic rings. The summed E-state index contributed by atoms with van der Waals surface area (Å²) in [5, 5.41) is 2.50. The topological polar surface area (TPSA) is 3.24 Å². The Bertz CT molecular complexity index is 3330. The minimum atomic E-state index is -0.339. The molecular formula is C65H59N. The molecule has 0 fully saturated rings. The van der Waals surface area contributed by atoms with Crippen LogP contribution in [0.1, 0.15) is 101 Å². The van der Waals surface area contributed by atoms with Crippen LogP contribution in [0.4, 0.5) is 17.1 Å². The van der Waals surface area contributed by atoms with Crippen molar-refractivity contribution in [1.82, 2.24) is 0 Å². The van der Waals surface area contributed by atoms with Crippen molar-refractivity contribution in [2.75, 3.05) is 4.90 Å². The monoisotopic (exact) mass is 853 g/mol. The Hall–Kier alpha value is -6.96. The van der Waals surface area contributed by atoms with Gasteiger partial charge in [0.25, 0.3) is 0 Å². The van der Waals surface area contributed by atoms with Crippen LogP contribution in [0.5, 0.6) is 0 Å². The summed E-state index contributed by atoms with van der Waals surface area (Å²) in [4.78, 5) is 2.58. The minimum Gasteiger partial charge on any atom is -0.309 e. The van der Waals surface area contributed by atoms with Gasteiger partial charge in [-0.3, -0.25) is 0 Å². The zero-order chi connectivity index (χ0) is 45.8. The third kappa shape index (κ3) is 6.42. The van der Waals surface area contributed by atoms with Gasteiger partial charge in [0.1, 0.15) is 0 Å². The highest BCUT2D eigenvalue weighted by molar-refractivity contribution is 6.09. The zero-order valence-corrected chi connectivity index (χ0v) is 39.9. The SMILES string of the molecule is CC(C)(C)c1cc(-c2cccc3cccc(-c4ccccc4N(c4ccc5c(c4)C(C)(C)c4ccccc4-5)c4cccc5c4-c4ccccc4C5(C)c4ccccc4)c23)cc(C(C)(C)C)c1. The van der Waals surface area contributed by atoms with E-state index in [1.54, 1.807) is 0 Å². The molecule has 2 aliphatic carbocycles. The normalized spacial score (nSPS) is 15.8. The van der Waals surface area contributed by atoms with Gasteiger partial charge < -0.3 is 4.90 Å². The summed E-state index contributed by atoms with van der Waals surface area (Å²) in [6.07, 6.45) is 0. The second kappa shape index (κ2) is 15.0. The Balaban J connectivity index is 1.20. The molecule has 2 aliphatic rings. The van der Waals surface area contributed by atoms with Crippen LogP contribution in [0.2, 0.25) is 0 Å². The van der Waals surface area contributed by atoms with E-state index in [9.17, 15) is 0 Å². The van der Waals surface area contributed by atoms with Gasteiger partial charge >= 0.3 is 0 Å². The maximum atomic E-state index is 2.58. The summed E-state index contributed by atoms with van der Waals surface area (Å²) in [6, 6.07) is 73.6. The van der Waals surface area contributed by atoms with Crippen LogP contribution in [-0.2, 0) is 21.7 Å². The molecule has 324 valence electrons. The highest BCUT2D eigenvalue weighted by Gasteiger charge is 2.43. The van der Waals surface area contributed by atoms with Gasteiger partial charge in [0.15, 0.2) is 0 Å². The fraction of sp³-hybridized carbons (Fsp3) is 0.200. The molecule has 0 spiro atoms. The van der Waals surface area contributed by atoms with Crippen molar-refractivity contribution in [3.63, 3.8) is 0 Å². The molecule has 0 aliphatic heterocycles. The smallest absolute Gasteiger partial charge is 0.0543 e. The number of fused-ring (bicyclic) bond motifs is 7. The number of para-hydroxylation sites is 1. The number of benzene rings is 9. The predicted molar refractivity (Wildman–Crippen MR) is 282 cm³/mol. The Morgan fingerprint density at radius 3 is 1.61 bits per heavy atom. The van der Waals surface area contributed by atoms with E-state index < -0.39 is 0 Å². The van der Waals surface area contributed by atoms with Gasteiger partial charge in [-0.2, -0.15) is 0 Å². The lowest BCUT2D eigenvalue weighted by Crippen LogP contribution is -2.22. The van der Waals surface area contributed by atoms with Gasteiger partial charge in [-0.25, -0.2) is 0 Å². The van der Waals surface area contributed by atoms with Gasteiger partial charge in [-0.1, -0.05) is 225 Å². The van der Waals surface area contributed by atoms with E-state index in [-0.39, 0.29) is 21.7 Å². The van der Waals surface area contributed by atoms with E-state index in [4.69, 9.17) is 0 Å². The molecule has 0 saturated carbocycles. The van der Waals surface area contributed by atoms with Crippen molar-refractivity contribution in [3.8, 4) is 44.5 Å². The molecule has 0 radical (unpaired) electrons. The molecule has 0 N–H and O–H groups in total. The molecule has 1 heteroatoms. The van der Waals surface area contributed by atoms with Crippen LogP contribution in [0.25, 0.3) is 55.3 Å². The van der Waals surface area contributed by atoms with Crippen LogP contribution in [0, 0.1) is 0 Å². The summed E-state index contributed by atoms with van der Waals surface area (Å²) >= 11 is 0. The molecule has 1 unspecified atom stereocenters. The van der Waals surface area contributed by atoms with Gasteiger partial charge in [0, 0.05) is 27.6 Å². The minimum absolute atomic E-state index is 0.00648. The number of rotatable bonds is 6. The highest BCUT2D eigenvalue weighted by Crippen LogP contribution is 2.58. The van der Waals surface area contributed by atoms with Gasteiger partial charge in [-0.05, 0) is 125 Å². The van der Waals surface area contributed by atoms with Crippen molar-refractivity contribution in [2.45, 2.75) is 84.0 Å². The first kappa shape index (κ1) is 41.7. The molecule has 0 bridgehead atoms. The quantitative estimate of drug-likeness (QED) is 0.161. The first-order valence-electron chi connectivity index (χ1n) is 23.8. The molecule has 11 rings (SSSR count). The summed E-state index contributed by atoms with van der Waals surface area (Å²) in [6.45, 7) is 21.2. The van der Waals surface area contributed by atoms with Crippen molar-refractivity contribution in [2.24, 2.45) is 0 Å². The molecule has 9 aromatic carbocycles. The van der Waals surface area contributed by atoms with Crippen molar-refractivity contribution in [3.05, 3.63) is 233 Å². The Morgan fingerprint density at radius 1 is 0.379 bits per heavy atom. The Morgan fingerprint density at radius 2 is 0.909 bits per heavy atom. The van der Waals surface area contributed by atoms with Crippen LogP contribution in [-0.4, -0.2) is 0 Å². The van der Waals surface area contributed by atoms with Crippen molar-refractivity contribution >= 4 is 27.8 Å². The summed E-state index contributed by atoms with van der Waals surface area (Å²) < 4.78 is 0. The van der Waals surface area contributed by atoms with Crippen molar-refractivity contribution in [1.29, 1.82) is 0 Å². The second-order valence-corrected chi connectivity index (χ2v) is 21.5. The molecule has 0 aromatic heterocycles. The highest BCUT2D eigenvalue weighted by atomic mass is 15.1. The standard InChI is InChI=1S/C65H59N/c1-62(2,3)45-38-43(39-46(40-45)63(4,5)6)48-29-19-22-42-23-20-30-52(60(42)48)51-27-15-18-34-58(51)66(47-36-37-50-49-26-13-16-31-54(49)64(7,8)57(50)41-47)59-35-21-33-56-61(59)53-28-14-17-32-55(53)65(56,9)44-24-11-10-12-25-44/h10-41H,1-9H3. The molecule has 1 nitrogen and oxygen atoms in total. The summed E-state index contributed by atoms with van der Waals surface area (Å²) in [7, 11) is 0. The average Bonchev–Trinajstić information content (AvgIpc) is 3.72. The maximum absolute atomic E-state index is 2.58. The van der Waals surface area contributed by atoms with Crippen LogP contribution in [0.15, 0.2) is 194 Å². The Labute approximate surface area is 392 Å². The lowest BCUT2D eigenvalue weighted by molar-refractivity contribution is 0.569. The van der Waals surface area contributed by atoms with Crippen LogP contribution < -0.4 is 4.90 Å². The zero-order valence-electron chi connectivity index (χ0n) is 39.9. The second-order valence-electron chi connectivity index (χ2n) is 21.5. The van der Waals surface area contributed by atoms with Gasteiger partial charge in [0.05, 0.1) is 11.4 Å². The van der Waals surface area contributed by atoms with E-state index in [2.05, 4.69) is 261 Å². The van der Waals surface area contributed by atoms with Gasteiger partial charge in [0.2, 0.25) is 0 Å². The summed E-state index contributed by atoms with van der Waals surface area (Å²) in [5.41, 5.74) is 22.5. The molecule has 0 saturated heterocycles. The van der Waals surface area contributed by atoms with E-state index >= 15 is 0 Å². The molecule has 0 heterocycles. The van der Waals surface area contributed by atoms with Crippen LogP contribution in [0.3, 0.4) is 0 Å². The first-order valence-corrected chi connectivity index (χ1v) is 23.8. The average molecular weight is 854 g/mol. The van der Waals surface area contributed by atoms with E-state index in [0.29, 0.717) is 0 Å². The van der Waals surface area contributed by atoms with E-state index in [1.165, 1.54) is 99.9 Å². The fourth-order valence-corrected chi connectivity index (χ4v) is 11.4. The molecule has 66 heavy (non-hydrogen) atoms. The molecule has 1 atom stereocenters. The van der Waals surface area contributed by atoms with Crippen LogP contribution >= 0.6 is 0 Å². The number of anilines is 3. The number of nitrogens with zero attached hydrogens (tertiary/aromatic N) is 1. The third-order valence-electron chi connectivity index (χ3n) is 15.0. The predicted octanol–water partition coefficient (Wildman–Crippen LogP) is 17.9. The van der Waals surface area contributed by atoms with E-state index in [0.717, 1.165) is 11.4 Å². The number of hydrogen-bond acceptors (Lipinski definition) is 1. The lowest BCUT2D eigenvalue weighted by atomic mass is 9.74.